The molecule has 82 valence electrons. The molecule has 2 aliphatic heterocycles. The van der Waals surface area contributed by atoms with Gasteiger partial charge in [-0.3, -0.25) is 9.80 Å². The molecule has 0 aliphatic carbocycles. The zero-order valence-electron chi connectivity index (χ0n) is 8.53. The smallest absolute Gasteiger partial charge is 0.117 e. The van der Waals surface area contributed by atoms with Gasteiger partial charge in [-0.05, 0) is 19.4 Å². The van der Waals surface area contributed by atoms with E-state index in [1.165, 1.54) is 19.4 Å². The number of hydrogen-bond donors (Lipinski definition) is 1. The van der Waals surface area contributed by atoms with Crippen LogP contribution in [-0.2, 0) is 0 Å². The van der Waals surface area contributed by atoms with Crippen LogP contribution in [0.15, 0.2) is 0 Å². The zero-order chi connectivity index (χ0) is 9.97. The van der Waals surface area contributed by atoms with Crippen LogP contribution in [0.1, 0.15) is 12.8 Å². The molecule has 2 aliphatic rings. The molecule has 0 amide bonds. The number of piperazine rings is 1. The zero-order valence-corrected chi connectivity index (χ0v) is 8.53. The first kappa shape index (κ1) is 10.3. The fourth-order valence-electron chi connectivity index (χ4n) is 2.57. The van der Waals surface area contributed by atoms with Crippen LogP contribution in [-0.4, -0.2) is 66.5 Å². The molecule has 0 radical (unpaired) electrons. The monoisotopic (exact) mass is 202 g/mol. The molecule has 3 nitrogen and oxygen atoms in total. The summed E-state index contributed by atoms with van der Waals surface area (Å²) in [6.45, 7) is 4.18. The summed E-state index contributed by atoms with van der Waals surface area (Å²) < 4.78 is 12.1. The Balaban J connectivity index is 1.79. The lowest BCUT2D eigenvalue weighted by atomic mass is 10.1. The molecule has 0 aromatic rings. The summed E-state index contributed by atoms with van der Waals surface area (Å²) in [4.78, 5) is 4.70. The number of aliphatic hydroxyl groups is 1. The summed E-state index contributed by atoms with van der Waals surface area (Å²) in [5.74, 6) is 0. The average molecular weight is 202 g/mol. The second kappa shape index (κ2) is 4.55. The lowest BCUT2D eigenvalue weighted by molar-refractivity contribution is 0.0466. The molecule has 0 saturated carbocycles. The molecular weight excluding hydrogens is 183 g/mol. The molecule has 0 aromatic carbocycles. The van der Waals surface area contributed by atoms with Crippen molar-refractivity contribution < 1.29 is 9.50 Å². The van der Waals surface area contributed by atoms with Crippen molar-refractivity contribution in [3.63, 3.8) is 0 Å². The minimum absolute atomic E-state index is 0.501. The maximum absolute atomic E-state index is 12.1. The number of alkyl halides is 1. The second-order valence-electron chi connectivity index (χ2n) is 4.40. The summed E-state index contributed by atoms with van der Waals surface area (Å²) >= 11 is 0. The fraction of sp³-hybridized carbons (Fsp3) is 1.00. The molecule has 2 unspecified atom stereocenters. The largest absolute Gasteiger partial charge is 0.389 e. The van der Waals surface area contributed by atoms with Gasteiger partial charge in [-0.25, -0.2) is 4.39 Å². The first-order chi connectivity index (χ1) is 6.79. The lowest BCUT2D eigenvalue weighted by Crippen LogP contribution is -2.51. The molecule has 4 heteroatoms. The van der Waals surface area contributed by atoms with Crippen molar-refractivity contribution in [1.29, 1.82) is 0 Å². The number of aliphatic hydroxyl groups excluding tert-OH is 1. The van der Waals surface area contributed by atoms with Crippen LogP contribution < -0.4 is 0 Å². The first-order valence-electron chi connectivity index (χ1n) is 5.50. The van der Waals surface area contributed by atoms with Gasteiger partial charge in [-0.1, -0.05) is 0 Å². The standard InChI is InChI=1S/C10H19FN2O/c11-6-10(14)8-12-4-5-13-3-1-2-9(13)7-12/h9-10,14H,1-8H2. The average Bonchev–Trinajstić information content (AvgIpc) is 2.64. The van der Waals surface area contributed by atoms with Gasteiger partial charge in [0.05, 0.1) is 6.10 Å². The number of hydrogen-bond acceptors (Lipinski definition) is 3. The van der Waals surface area contributed by atoms with E-state index in [0.29, 0.717) is 12.6 Å². The van der Waals surface area contributed by atoms with E-state index in [0.717, 1.165) is 19.6 Å². The topological polar surface area (TPSA) is 26.7 Å². The van der Waals surface area contributed by atoms with E-state index in [1.807, 2.05) is 0 Å². The van der Waals surface area contributed by atoms with E-state index in [1.54, 1.807) is 0 Å². The highest BCUT2D eigenvalue weighted by atomic mass is 19.1. The first-order valence-corrected chi connectivity index (χ1v) is 5.50. The predicted octanol–water partition coefficient (Wildman–Crippen LogP) is 0.0968. The molecule has 2 heterocycles. The van der Waals surface area contributed by atoms with E-state index in [9.17, 15) is 9.50 Å². The van der Waals surface area contributed by atoms with Crippen molar-refractivity contribution >= 4 is 0 Å². The Labute approximate surface area is 84.5 Å². The van der Waals surface area contributed by atoms with Gasteiger partial charge in [0.1, 0.15) is 6.67 Å². The van der Waals surface area contributed by atoms with E-state index < -0.39 is 12.8 Å². The molecule has 0 spiro atoms. The Kier molecular flexibility index (Phi) is 3.36. The van der Waals surface area contributed by atoms with Crippen LogP contribution in [0.5, 0.6) is 0 Å². The quantitative estimate of drug-likeness (QED) is 0.703. The Morgan fingerprint density at radius 2 is 2.21 bits per heavy atom. The summed E-state index contributed by atoms with van der Waals surface area (Å²) in [5, 5.41) is 9.22. The van der Waals surface area contributed by atoms with Crippen LogP contribution in [0.25, 0.3) is 0 Å². The molecule has 1 N–H and O–H groups in total. The maximum Gasteiger partial charge on any atom is 0.117 e. The van der Waals surface area contributed by atoms with Gasteiger partial charge >= 0.3 is 0 Å². The van der Waals surface area contributed by atoms with Crippen LogP contribution in [0, 0.1) is 0 Å². The number of halogens is 1. The Morgan fingerprint density at radius 1 is 1.36 bits per heavy atom. The van der Waals surface area contributed by atoms with Crippen LogP contribution in [0.2, 0.25) is 0 Å². The van der Waals surface area contributed by atoms with Gasteiger partial charge in [-0.15, -0.1) is 0 Å². The molecule has 2 fully saturated rings. The Morgan fingerprint density at radius 3 is 3.00 bits per heavy atom. The van der Waals surface area contributed by atoms with Crippen molar-refractivity contribution in [2.75, 3.05) is 39.4 Å². The minimum atomic E-state index is -0.789. The van der Waals surface area contributed by atoms with Crippen LogP contribution in [0.3, 0.4) is 0 Å². The molecule has 2 atom stereocenters. The van der Waals surface area contributed by atoms with E-state index >= 15 is 0 Å². The lowest BCUT2D eigenvalue weighted by Gasteiger charge is -2.38. The molecule has 14 heavy (non-hydrogen) atoms. The third kappa shape index (κ3) is 2.24. The summed E-state index contributed by atoms with van der Waals surface area (Å²) in [5.41, 5.74) is 0. The van der Waals surface area contributed by atoms with E-state index in [4.69, 9.17) is 0 Å². The SMILES string of the molecule is OC(CF)CN1CCN2CCCC2C1. The third-order valence-electron chi connectivity index (χ3n) is 3.32. The molecular formula is C10H19FN2O. The Hall–Kier alpha value is -0.190. The summed E-state index contributed by atoms with van der Waals surface area (Å²) in [6, 6.07) is 0.663. The van der Waals surface area contributed by atoms with Gasteiger partial charge in [0.15, 0.2) is 0 Å². The predicted molar refractivity (Wildman–Crippen MR) is 53.0 cm³/mol. The third-order valence-corrected chi connectivity index (χ3v) is 3.32. The highest BCUT2D eigenvalue weighted by Crippen LogP contribution is 2.21. The highest BCUT2D eigenvalue weighted by molar-refractivity contribution is 4.87. The van der Waals surface area contributed by atoms with Crippen LogP contribution >= 0.6 is 0 Å². The van der Waals surface area contributed by atoms with E-state index in [2.05, 4.69) is 9.80 Å². The number of rotatable bonds is 3. The number of fused-ring (bicyclic) bond motifs is 1. The van der Waals surface area contributed by atoms with Crippen molar-refractivity contribution in [2.24, 2.45) is 0 Å². The maximum atomic E-state index is 12.1. The highest BCUT2D eigenvalue weighted by Gasteiger charge is 2.30. The van der Waals surface area contributed by atoms with Crippen molar-refractivity contribution in [2.45, 2.75) is 25.0 Å². The van der Waals surface area contributed by atoms with Crippen LogP contribution in [0.4, 0.5) is 4.39 Å². The molecule has 0 bridgehead atoms. The van der Waals surface area contributed by atoms with Crippen molar-refractivity contribution in [3.8, 4) is 0 Å². The molecule has 2 saturated heterocycles. The molecule has 2 rings (SSSR count). The Bertz CT molecular complexity index is 191. The number of nitrogens with zero attached hydrogens (tertiary/aromatic N) is 2. The van der Waals surface area contributed by atoms with Gasteiger partial charge < -0.3 is 5.11 Å². The molecule has 0 aromatic heterocycles. The van der Waals surface area contributed by atoms with Gasteiger partial charge in [-0.2, -0.15) is 0 Å². The number of β-amino-alcohol motifs (C(OH)–C–C–N with tert-alkyl or cyclic N) is 1. The fourth-order valence-corrected chi connectivity index (χ4v) is 2.57. The van der Waals surface area contributed by atoms with Gasteiger partial charge in [0, 0.05) is 32.2 Å². The minimum Gasteiger partial charge on any atom is -0.389 e. The van der Waals surface area contributed by atoms with Crippen molar-refractivity contribution in [3.05, 3.63) is 0 Å². The second-order valence-corrected chi connectivity index (χ2v) is 4.40. The summed E-state index contributed by atoms with van der Waals surface area (Å²) in [7, 11) is 0. The van der Waals surface area contributed by atoms with Gasteiger partial charge in [0.2, 0.25) is 0 Å². The van der Waals surface area contributed by atoms with Gasteiger partial charge in [0.25, 0.3) is 0 Å². The van der Waals surface area contributed by atoms with E-state index in [-0.39, 0.29) is 0 Å². The van der Waals surface area contributed by atoms with Crippen molar-refractivity contribution in [1.82, 2.24) is 9.80 Å². The normalized spacial score (nSPS) is 31.7. The summed E-state index contributed by atoms with van der Waals surface area (Å²) in [6.07, 6.45) is 1.77.